The second kappa shape index (κ2) is 7.46. The van der Waals surface area contributed by atoms with Crippen LogP contribution in [-0.2, 0) is 16.0 Å². The molecule has 0 spiro atoms. The number of hydrogen-bond donors (Lipinski definition) is 1. The lowest BCUT2D eigenvalue weighted by Crippen LogP contribution is -2.14. The lowest BCUT2D eigenvalue weighted by Gasteiger charge is -2.12. The van der Waals surface area contributed by atoms with Crippen LogP contribution in [-0.4, -0.2) is 20.1 Å². The van der Waals surface area contributed by atoms with Crippen molar-refractivity contribution in [1.82, 2.24) is 0 Å². The van der Waals surface area contributed by atoms with Gasteiger partial charge >= 0.3 is 6.18 Å². The van der Waals surface area contributed by atoms with E-state index in [0.29, 0.717) is 0 Å². The Kier molecular flexibility index (Phi) is 5.89. The van der Waals surface area contributed by atoms with Crippen molar-refractivity contribution >= 4 is 44.6 Å². The van der Waals surface area contributed by atoms with E-state index in [1.54, 1.807) is 0 Å². The van der Waals surface area contributed by atoms with Crippen molar-refractivity contribution in [3.63, 3.8) is 0 Å². The lowest BCUT2D eigenvalue weighted by atomic mass is 10.1. The highest BCUT2D eigenvalue weighted by atomic mass is 35.5. The van der Waals surface area contributed by atoms with Crippen LogP contribution in [0.3, 0.4) is 0 Å². The molecule has 0 fully saturated rings. The first-order chi connectivity index (χ1) is 12.0. The third kappa shape index (κ3) is 4.31. The predicted octanol–water partition coefficient (Wildman–Crippen LogP) is 5.06. The Bertz CT molecular complexity index is 942. The molecule has 2 aromatic carbocycles. The van der Waals surface area contributed by atoms with Gasteiger partial charge in [0.2, 0.25) is 0 Å². The molecule has 0 heterocycles. The van der Waals surface area contributed by atoms with E-state index in [9.17, 15) is 26.4 Å². The average Bonchev–Trinajstić information content (AvgIpc) is 2.56. The van der Waals surface area contributed by atoms with Crippen molar-refractivity contribution in [1.29, 1.82) is 0 Å². The minimum absolute atomic E-state index is 0.105. The van der Waals surface area contributed by atoms with E-state index in [2.05, 4.69) is 5.32 Å². The van der Waals surface area contributed by atoms with Crippen molar-refractivity contribution < 1.29 is 26.4 Å². The normalized spacial score (nSPS) is 12.1. The molecule has 140 valence electrons. The largest absolute Gasteiger partial charge is 0.416 e. The van der Waals surface area contributed by atoms with E-state index in [1.165, 1.54) is 13.0 Å². The number of carbonyl (C=O) groups excluding carboxylic acids is 1. The quantitative estimate of drug-likeness (QED) is 0.744. The van der Waals surface area contributed by atoms with Crippen LogP contribution in [0.15, 0.2) is 41.3 Å². The lowest BCUT2D eigenvalue weighted by molar-refractivity contribution is -0.137. The van der Waals surface area contributed by atoms with Crippen molar-refractivity contribution in [2.24, 2.45) is 0 Å². The number of nitrogens with one attached hydrogen (secondary N) is 1. The molecule has 0 atom stereocenters. The third-order valence-corrected chi connectivity index (χ3v) is 6.24. The Morgan fingerprint density at radius 1 is 1.04 bits per heavy atom. The number of anilines is 1. The van der Waals surface area contributed by atoms with Crippen LogP contribution in [0.2, 0.25) is 10.0 Å². The number of benzene rings is 2. The van der Waals surface area contributed by atoms with Crippen LogP contribution < -0.4 is 5.32 Å². The van der Waals surface area contributed by atoms with Gasteiger partial charge in [-0.15, -0.1) is 0 Å². The summed E-state index contributed by atoms with van der Waals surface area (Å²) in [5.74, 6) is -0.933. The van der Waals surface area contributed by atoms with E-state index in [4.69, 9.17) is 23.2 Å². The number of sulfone groups is 1. The molecule has 1 N–H and O–H groups in total. The van der Waals surface area contributed by atoms with Gasteiger partial charge < -0.3 is 5.32 Å². The van der Waals surface area contributed by atoms with E-state index in [0.717, 1.165) is 30.3 Å². The Hall–Kier alpha value is -1.77. The molecule has 0 saturated carbocycles. The zero-order valence-corrected chi connectivity index (χ0v) is 15.5. The van der Waals surface area contributed by atoms with Gasteiger partial charge in [0.05, 0.1) is 31.8 Å². The smallest absolute Gasteiger partial charge is 0.322 e. The standard InChI is InChI=1S/C16H12Cl2F3NO3S/c1-2-26(24,25)12-8-7-11(13(17)14(12)18)15(23)22-10-5-3-9(4-6-10)16(19,20)21/h3-8H,2H2,1H3,(H,22,23). The maximum Gasteiger partial charge on any atom is 0.416 e. The Morgan fingerprint density at radius 3 is 2.12 bits per heavy atom. The summed E-state index contributed by atoms with van der Waals surface area (Å²) in [6, 6.07) is 6.17. The summed E-state index contributed by atoms with van der Waals surface area (Å²) in [5, 5.41) is 1.84. The molecule has 0 bridgehead atoms. The molecular weight excluding hydrogens is 414 g/mol. The van der Waals surface area contributed by atoms with Crippen molar-refractivity contribution in [3.8, 4) is 0 Å². The molecule has 0 saturated heterocycles. The van der Waals surface area contributed by atoms with Crippen molar-refractivity contribution in [2.45, 2.75) is 18.0 Å². The maximum atomic E-state index is 12.5. The molecule has 0 aromatic heterocycles. The Balaban J connectivity index is 2.29. The number of amides is 1. The van der Waals surface area contributed by atoms with E-state index < -0.39 is 27.5 Å². The second-order valence-electron chi connectivity index (χ2n) is 5.17. The van der Waals surface area contributed by atoms with Crippen LogP contribution in [0.1, 0.15) is 22.8 Å². The summed E-state index contributed by atoms with van der Waals surface area (Å²) in [6.07, 6.45) is -4.49. The average molecular weight is 426 g/mol. The first-order valence-electron chi connectivity index (χ1n) is 7.16. The Labute approximate surface area is 157 Å². The highest BCUT2D eigenvalue weighted by Gasteiger charge is 2.30. The van der Waals surface area contributed by atoms with Crippen molar-refractivity contribution in [2.75, 3.05) is 11.1 Å². The maximum absolute atomic E-state index is 12.5. The fourth-order valence-corrected chi connectivity index (χ4v) is 3.83. The van der Waals surface area contributed by atoms with Gasteiger partial charge in [-0.3, -0.25) is 4.79 Å². The van der Waals surface area contributed by atoms with Crippen LogP contribution in [0.25, 0.3) is 0 Å². The highest BCUT2D eigenvalue weighted by molar-refractivity contribution is 7.91. The molecule has 0 aliphatic rings. The highest BCUT2D eigenvalue weighted by Crippen LogP contribution is 2.34. The molecule has 0 aliphatic carbocycles. The number of hydrogen-bond acceptors (Lipinski definition) is 3. The van der Waals surface area contributed by atoms with E-state index in [-0.39, 0.29) is 31.9 Å². The topological polar surface area (TPSA) is 63.2 Å². The van der Waals surface area contributed by atoms with Gasteiger partial charge in [-0.05, 0) is 36.4 Å². The van der Waals surface area contributed by atoms with Gasteiger partial charge in [-0.2, -0.15) is 13.2 Å². The Morgan fingerprint density at radius 2 is 1.62 bits per heavy atom. The second-order valence-corrected chi connectivity index (χ2v) is 8.17. The molecule has 26 heavy (non-hydrogen) atoms. The SMILES string of the molecule is CCS(=O)(=O)c1ccc(C(=O)Nc2ccc(C(F)(F)F)cc2)c(Cl)c1Cl. The summed E-state index contributed by atoms with van der Waals surface area (Å²) in [7, 11) is -3.63. The van der Waals surface area contributed by atoms with Crippen LogP contribution in [0.4, 0.5) is 18.9 Å². The van der Waals surface area contributed by atoms with E-state index >= 15 is 0 Å². The van der Waals surface area contributed by atoms with Gasteiger partial charge in [-0.1, -0.05) is 30.1 Å². The molecule has 2 aromatic rings. The molecular formula is C16H12Cl2F3NO3S. The zero-order valence-electron chi connectivity index (χ0n) is 13.2. The minimum Gasteiger partial charge on any atom is -0.322 e. The molecule has 0 radical (unpaired) electrons. The molecule has 1 amide bonds. The van der Waals surface area contributed by atoms with Gasteiger partial charge in [0.1, 0.15) is 0 Å². The summed E-state index contributed by atoms with van der Waals surface area (Å²) in [4.78, 5) is 12.1. The van der Waals surface area contributed by atoms with Gasteiger partial charge in [0, 0.05) is 5.69 Å². The minimum atomic E-state index is -4.49. The summed E-state index contributed by atoms with van der Waals surface area (Å²) >= 11 is 12.0. The summed E-state index contributed by atoms with van der Waals surface area (Å²) in [6.45, 7) is 1.44. The predicted molar refractivity (Wildman–Crippen MR) is 93.6 cm³/mol. The van der Waals surface area contributed by atoms with Crippen molar-refractivity contribution in [3.05, 3.63) is 57.6 Å². The number of alkyl halides is 3. The zero-order chi connectivity index (χ0) is 19.7. The fraction of sp³-hybridized carbons (Fsp3) is 0.188. The number of rotatable bonds is 4. The van der Waals surface area contributed by atoms with Gasteiger partial charge in [0.25, 0.3) is 5.91 Å². The van der Waals surface area contributed by atoms with Gasteiger partial charge in [0.15, 0.2) is 9.84 Å². The first kappa shape index (κ1) is 20.5. The third-order valence-electron chi connectivity index (χ3n) is 3.48. The molecule has 10 heteroatoms. The fourth-order valence-electron chi connectivity index (χ4n) is 2.04. The van der Waals surface area contributed by atoms with Crippen LogP contribution >= 0.6 is 23.2 Å². The monoisotopic (exact) mass is 425 g/mol. The van der Waals surface area contributed by atoms with Gasteiger partial charge in [-0.25, -0.2) is 8.42 Å². The molecule has 0 aliphatic heterocycles. The molecule has 2 rings (SSSR count). The molecule has 4 nitrogen and oxygen atoms in total. The number of carbonyl (C=O) groups is 1. The molecule has 0 unspecified atom stereocenters. The first-order valence-corrected chi connectivity index (χ1v) is 9.57. The number of halogens is 5. The summed E-state index contributed by atoms with van der Waals surface area (Å²) in [5.41, 5.74) is -0.849. The van der Waals surface area contributed by atoms with E-state index in [1.807, 2.05) is 0 Å². The van der Waals surface area contributed by atoms with Crippen LogP contribution in [0, 0.1) is 0 Å². The summed E-state index contributed by atoms with van der Waals surface area (Å²) < 4.78 is 61.5. The van der Waals surface area contributed by atoms with Crippen LogP contribution in [0.5, 0.6) is 0 Å².